The van der Waals surface area contributed by atoms with Gasteiger partial charge in [-0.25, -0.2) is 4.39 Å². The molecule has 2 aromatic carbocycles. The predicted molar refractivity (Wildman–Crippen MR) is 100 cm³/mol. The fourth-order valence-electron chi connectivity index (χ4n) is 3.32. The largest absolute Gasteiger partial charge is 0.480 e. The molecular formula is C19H13ClFNO2S. The van der Waals surface area contributed by atoms with E-state index < -0.39 is 5.97 Å². The molecule has 0 aliphatic rings. The first-order valence-corrected chi connectivity index (χ1v) is 8.88. The monoisotopic (exact) mass is 373 g/mol. The molecule has 0 saturated heterocycles. The molecule has 2 aromatic heterocycles. The van der Waals surface area contributed by atoms with Gasteiger partial charge in [0.1, 0.15) is 12.4 Å². The number of aromatic nitrogens is 1. The van der Waals surface area contributed by atoms with Crippen LogP contribution < -0.4 is 0 Å². The Balaban J connectivity index is 2.07. The lowest BCUT2D eigenvalue weighted by Crippen LogP contribution is -2.10. The van der Waals surface area contributed by atoms with Crippen LogP contribution in [0, 0.1) is 12.7 Å². The van der Waals surface area contributed by atoms with Crippen molar-refractivity contribution in [2.75, 3.05) is 0 Å². The normalized spacial score (nSPS) is 11.5. The molecule has 4 rings (SSSR count). The minimum atomic E-state index is -0.960. The Morgan fingerprint density at radius 2 is 2.00 bits per heavy atom. The number of carboxylic acid groups (broad SMARTS) is 1. The minimum absolute atomic E-state index is 0.209. The molecule has 0 aliphatic carbocycles. The fourth-order valence-corrected chi connectivity index (χ4v) is 4.55. The SMILES string of the molecule is Cc1c(-c2csc3cc(Cl)ccc23)c2ccc(F)cc2n1CC(=O)O. The van der Waals surface area contributed by atoms with Crippen molar-refractivity contribution in [1.29, 1.82) is 0 Å². The maximum atomic E-state index is 13.8. The zero-order valence-corrected chi connectivity index (χ0v) is 14.8. The zero-order valence-electron chi connectivity index (χ0n) is 13.2. The zero-order chi connectivity index (χ0) is 17.7. The average molecular weight is 374 g/mol. The van der Waals surface area contributed by atoms with E-state index in [1.165, 1.54) is 12.1 Å². The van der Waals surface area contributed by atoms with Crippen molar-refractivity contribution < 1.29 is 14.3 Å². The van der Waals surface area contributed by atoms with Gasteiger partial charge in [0.25, 0.3) is 0 Å². The van der Waals surface area contributed by atoms with Gasteiger partial charge in [-0.3, -0.25) is 4.79 Å². The number of aliphatic carboxylic acids is 1. The van der Waals surface area contributed by atoms with Crippen LogP contribution in [-0.4, -0.2) is 15.6 Å². The Bertz CT molecular complexity index is 1150. The van der Waals surface area contributed by atoms with Gasteiger partial charge in [-0.2, -0.15) is 0 Å². The molecule has 0 spiro atoms. The number of carbonyl (C=O) groups is 1. The van der Waals surface area contributed by atoms with Gasteiger partial charge < -0.3 is 9.67 Å². The Labute approximate surface area is 151 Å². The number of rotatable bonds is 3. The predicted octanol–water partition coefficient (Wildman–Crippen LogP) is 5.71. The van der Waals surface area contributed by atoms with Crippen LogP contribution >= 0.6 is 22.9 Å². The Hall–Kier alpha value is -2.37. The van der Waals surface area contributed by atoms with E-state index in [1.807, 2.05) is 30.5 Å². The third-order valence-corrected chi connectivity index (χ3v) is 5.57. The first kappa shape index (κ1) is 16.1. The molecule has 0 atom stereocenters. The topological polar surface area (TPSA) is 42.2 Å². The highest BCUT2D eigenvalue weighted by molar-refractivity contribution is 7.17. The Morgan fingerprint density at radius 1 is 1.24 bits per heavy atom. The lowest BCUT2D eigenvalue weighted by molar-refractivity contribution is -0.137. The van der Waals surface area contributed by atoms with Gasteiger partial charge in [-0.15, -0.1) is 11.3 Å². The molecule has 0 bridgehead atoms. The molecule has 6 heteroatoms. The highest BCUT2D eigenvalue weighted by Gasteiger charge is 2.20. The molecule has 4 aromatic rings. The summed E-state index contributed by atoms with van der Waals surface area (Å²) < 4.78 is 16.5. The van der Waals surface area contributed by atoms with E-state index in [9.17, 15) is 14.3 Å². The molecule has 0 unspecified atom stereocenters. The van der Waals surface area contributed by atoms with Crippen molar-refractivity contribution in [3.63, 3.8) is 0 Å². The number of benzene rings is 2. The lowest BCUT2D eigenvalue weighted by atomic mass is 10.0. The molecule has 0 saturated carbocycles. The summed E-state index contributed by atoms with van der Waals surface area (Å²) in [5, 5.41) is 13.8. The van der Waals surface area contributed by atoms with Gasteiger partial charge in [0, 0.05) is 37.3 Å². The summed E-state index contributed by atoms with van der Waals surface area (Å²) in [6.07, 6.45) is 0. The van der Waals surface area contributed by atoms with Crippen LogP contribution in [-0.2, 0) is 11.3 Å². The fraction of sp³-hybridized carbons (Fsp3) is 0.105. The second-order valence-corrected chi connectivity index (χ2v) is 7.24. The van der Waals surface area contributed by atoms with Crippen LogP contribution in [0.5, 0.6) is 0 Å². The summed E-state index contributed by atoms with van der Waals surface area (Å²) in [5.41, 5.74) is 3.33. The summed E-state index contributed by atoms with van der Waals surface area (Å²) in [7, 11) is 0. The van der Waals surface area contributed by atoms with Crippen molar-refractivity contribution in [2.45, 2.75) is 13.5 Å². The van der Waals surface area contributed by atoms with Gasteiger partial charge in [0.15, 0.2) is 0 Å². The molecule has 0 radical (unpaired) electrons. The first-order valence-electron chi connectivity index (χ1n) is 7.63. The molecular weight excluding hydrogens is 361 g/mol. The number of halogens is 2. The standard InChI is InChI=1S/C19H13ClFNO2S/c1-10-19(15-9-25-17-6-11(20)2-4-13(15)17)14-5-3-12(21)7-16(14)22(10)8-18(23)24/h2-7,9H,8H2,1H3,(H,23,24). The first-order chi connectivity index (χ1) is 12.0. The molecule has 126 valence electrons. The maximum Gasteiger partial charge on any atom is 0.323 e. The summed E-state index contributed by atoms with van der Waals surface area (Å²) in [6.45, 7) is 1.66. The molecule has 0 fully saturated rings. The third-order valence-electron chi connectivity index (χ3n) is 4.39. The molecule has 0 amide bonds. The minimum Gasteiger partial charge on any atom is -0.480 e. The highest BCUT2D eigenvalue weighted by Crippen LogP contribution is 2.41. The molecule has 3 nitrogen and oxygen atoms in total. The van der Waals surface area contributed by atoms with Crippen LogP contribution in [0.15, 0.2) is 41.8 Å². The van der Waals surface area contributed by atoms with Crippen LogP contribution in [0.1, 0.15) is 5.69 Å². The van der Waals surface area contributed by atoms with E-state index in [2.05, 4.69) is 0 Å². The maximum absolute atomic E-state index is 13.8. The van der Waals surface area contributed by atoms with Gasteiger partial charge in [-0.05, 0) is 42.6 Å². The van der Waals surface area contributed by atoms with E-state index in [4.69, 9.17) is 11.6 Å². The Kier molecular flexibility index (Phi) is 3.78. The summed E-state index contributed by atoms with van der Waals surface area (Å²) in [4.78, 5) is 11.3. The van der Waals surface area contributed by atoms with E-state index in [-0.39, 0.29) is 12.4 Å². The van der Waals surface area contributed by atoms with Crippen LogP contribution in [0.3, 0.4) is 0 Å². The van der Waals surface area contributed by atoms with Crippen molar-refractivity contribution in [3.05, 3.63) is 58.3 Å². The van der Waals surface area contributed by atoms with E-state index in [0.717, 1.165) is 32.3 Å². The highest BCUT2D eigenvalue weighted by atomic mass is 35.5. The molecule has 2 heterocycles. The molecule has 25 heavy (non-hydrogen) atoms. The quantitative estimate of drug-likeness (QED) is 0.500. The summed E-state index contributed by atoms with van der Waals surface area (Å²) in [5.74, 6) is -1.34. The smallest absolute Gasteiger partial charge is 0.323 e. The third kappa shape index (κ3) is 2.60. The van der Waals surface area contributed by atoms with Crippen LogP contribution in [0.25, 0.3) is 32.1 Å². The second kappa shape index (κ2) is 5.86. The number of hydrogen-bond acceptors (Lipinski definition) is 2. The van der Waals surface area contributed by atoms with E-state index in [0.29, 0.717) is 10.5 Å². The van der Waals surface area contributed by atoms with Crippen LogP contribution in [0.2, 0.25) is 5.02 Å². The van der Waals surface area contributed by atoms with Gasteiger partial charge in [0.05, 0.1) is 5.52 Å². The van der Waals surface area contributed by atoms with Crippen molar-refractivity contribution >= 4 is 49.9 Å². The lowest BCUT2D eigenvalue weighted by Gasteiger charge is -2.05. The number of fused-ring (bicyclic) bond motifs is 2. The molecule has 1 N–H and O–H groups in total. The van der Waals surface area contributed by atoms with E-state index >= 15 is 0 Å². The van der Waals surface area contributed by atoms with Gasteiger partial charge >= 0.3 is 5.97 Å². The van der Waals surface area contributed by atoms with Gasteiger partial charge in [-0.1, -0.05) is 17.7 Å². The number of thiophene rings is 1. The average Bonchev–Trinajstić information content (AvgIpc) is 3.06. The van der Waals surface area contributed by atoms with E-state index in [1.54, 1.807) is 22.0 Å². The summed E-state index contributed by atoms with van der Waals surface area (Å²) in [6, 6.07) is 10.2. The molecule has 0 aliphatic heterocycles. The summed E-state index contributed by atoms with van der Waals surface area (Å²) >= 11 is 7.66. The van der Waals surface area contributed by atoms with Crippen molar-refractivity contribution in [3.8, 4) is 11.1 Å². The van der Waals surface area contributed by atoms with Gasteiger partial charge in [0.2, 0.25) is 0 Å². The number of hydrogen-bond donors (Lipinski definition) is 1. The van der Waals surface area contributed by atoms with Crippen molar-refractivity contribution in [1.82, 2.24) is 4.57 Å². The van der Waals surface area contributed by atoms with Crippen LogP contribution in [0.4, 0.5) is 4.39 Å². The van der Waals surface area contributed by atoms with Crippen molar-refractivity contribution in [2.24, 2.45) is 0 Å². The Morgan fingerprint density at radius 3 is 2.76 bits per heavy atom. The number of nitrogens with zero attached hydrogens (tertiary/aromatic N) is 1. The second-order valence-electron chi connectivity index (χ2n) is 5.89. The number of carboxylic acids is 1.